The Labute approximate surface area is 158 Å². The van der Waals surface area contributed by atoms with Gasteiger partial charge in [-0.15, -0.1) is 11.3 Å². The molecule has 0 saturated carbocycles. The zero-order valence-corrected chi connectivity index (χ0v) is 16.1. The lowest BCUT2D eigenvalue weighted by Gasteiger charge is -2.36. The Morgan fingerprint density at radius 3 is 2.77 bits per heavy atom. The van der Waals surface area contributed by atoms with E-state index in [-0.39, 0.29) is 23.3 Å². The molecule has 0 aliphatic carbocycles. The first-order valence-electron chi connectivity index (χ1n) is 9.01. The van der Waals surface area contributed by atoms with E-state index in [0.717, 1.165) is 19.0 Å². The molecule has 1 aromatic heterocycles. The number of aromatic hydroxyl groups is 1. The molecule has 5 nitrogen and oxygen atoms in total. The van der Waals surface area contributed by atoms with Crippen LogP contribution < -0.4 is 10.1 Å². The highest BCUT2D eigenvalue weighted by Gasteiger charge is 2.26. The lowest BCUT2D eigenvalue weighted by Crippen LogP contribution is -2.41. The van der Waals surface area contributed by atoms with E-state index >= 15 is 0 Å². The summed E-state index contributed by atoms with van der Waals surface area (Å²) in [6, 6.07) is 9.08. The second kappa shape index (κ2) is 8.56. The highest BCUT2D eigenvalue weighted by Crippen LogP contribution is 2.29. The van der Waals surface area contributed by atoms with Gasteiger partial charge in [-0.3, -0.25) is 9.69 Å². The van der Waals surface area contributed by atoms with E-state index in [9.17, 15) is 9.90 Å². The quantitative estimate of drug-likeness (QED) is 0.810. The molecular formula is C20H26N2O3S. The molecule has 0 bridgehead atoms. The number of hydrogen-bond donors (Lipinski definition) is 2. The van der Waals surface area contributed by atoms with Crippen LogP contribution >= 0.6 is 11.3 Å². The number of hydrogen-bond acceptors (Lipinski definition) is 5. The molecular weight excluding hydrogens is 348 g/mol. The Hall–Kier alpha value is -2.05. The van der Waals surface area contributed by atoms with Crippen LogP contribution in [0.4, 0.5) is 0 Å². The van der Waals surface area contributed by atoms with Crippen molar-refractivity contribution in [3.63, 3.8) is 0 Å². The van der Waals surface area contributed by atoms with Crippen LogP contribution in [0.25, 0.3) is 0 Å². The largest absolute Gasteiger partial charge is 0.507 e. The maximum absolute atomic E-state index is 12.5. The Kier molecular flexibility index (Phi) is 6.16. The summed E-state index contributed by atoms with van der Waals surface area (Å²) in [5, 5.41) is 15.1. The van der Waals surface area contributed by atoms with Crippen molar-refractivity contribution in [3.05, 3.63) is 46.2 Å². The number of amides is 1. The summed E-state index contributed by atoms with van der Waals surface area (Å²) in [6.07, 6.45) is 2.38. The van der Waals surface area contributed by atoms with Crippen molar-refractivity contribution in [1.29, 1.82) is 0 Å². The first kappa shape index (κ1) is 18.7. The average molecular weight is 375 g/mol. The molecule has 1 amide bonds. The maximum Gasteiger partial charge on any atom is 0.255 e. The second-order valence-corrected chi connectivity index (χ2v) is 7.82. The SMILES string of the molecule is COc1ccc(C(=O)NCC(c2cccs2)N2CCC(C)CC2)c(O)c1. The van der Waals surface area contributed by atoms with Gasteiger partial charge in [0.05, 0.1) is 18.7 Å². The Morgan fingerprint density at radius 1 is 1.38 bits per heavy atom. The lowest BCUT2D eigenvalue weighted by atomic mass is 9.97. The van der Waals surface area contributed by atoms with E-state index < -0.39 is 0 Å². The predicted molar refractivity (Wildman–Crippen MR) is 104 cm³/mol. The molecule has 2 aromatic rings. The van der Waals surface area contributed by atoms with Crippen LogP contribution in [0.5, 0.6) is 11.5 Å². The number of ether oxygens (including phenoxy) is 1. The summed E-state index contributed by atoms with van der Waals surface area (Å²) < 4.78 is 5.07. The van der Waals surface area contributed by atoms with E-state index in [1.807, 2.05) is 0 Å². The maximum atomic E-state index is 12.5. The summed E-state index contributed by atoms with van der Waals surface area (Å²) in [5.74, 6) is 0.956. The van der Waals surface area contributed by atoms with Crippen molar-refractivity contribution >= 4 is 17.2 Å². The molecule has 26 heavy (non-hydrogen) atoms. The third-order valence-electron chi connectivity index (χ3n) is 5.04. The first-order valence-corrected chi connectivity index (χ1v) is 9.89. The molecule has 2 heterocycles. The number of nitrogens with one attached hydrogen (secondary N) is 1. The molecule has 1 atom stereocenters. The molecule has 0 spiro atoms. The van der Waals surface area contributed by atoms with Crippen LogP contribution in [-0.2, 0) is 0 Å². The summed E-state index contributed by atoms with van der Waals surface area (Å²) in [4.78, 5) is 16.3. The number of nitrogens with zero attached hydrogens (tertiary/aromatic N) is 1. The van der Waals surface area contributed by atoms with Gasteiger partial charge in [0.15, 0.2) is 0 Å². The molecule has 1 aliphatic heterocycles. The summed E-state index contributed by atoms with van der Waals surface area (Å²) in [7, 11) is 1.53. The Bertz CT molecular complexity index is 725. The number of phenolic OH excluding ortho intramolecular Hbond substituents is 1. The molecule has 0 radical (unpaired) electrons. The first-order chi connectivity index (χ1) is 12.6. The van der Waals surface area contributed by atoms with Gasteiger partial charge in [-0.05, 0) is 55.4 Å². The van der Waals surface area contributed by atoms with Crippen LogP contribution in [0.15, 0.2) is 35.7 Å². The topological polar surface area (TPSA) is 61.8 Å². The number of thiophene rings is 1. The van der Waals surface area contributed by atoms with Crippen molar-refractivity contribution in [2.75, 3.05) is 26.7 Å². The number of phenols is 1. The number of carbonyl (C=O) groups is 1. The van der Waals surface area contributed by atoms with Crippen LogP contribution in [0.3, 0.4) is 0 Å². The fourth-order valence-corrected chi connectivity index (χ4v) is 4.21. The fourth-order valence-electron chi connectivity index (χ4n) is 3.35. The highest BCUT2D eigenvalue weighted by atomic mass is 32.1. The monoisotopic (exact) mass is 374 g/mol. The Balaban J connectivity index is 1.68. The van der Waals surface area contributed by atoms with Crippen LogP contribution in [-0.4, -0.2) is 42.7 Å². The minimum absolute atomic E-state index is 0.0682. The van der Waals surface area contributed by atoms with Crippen molar-refractivity contribution in [2.24, 2.45) is 5.92 Å². The van der Waals surface area contributed by atoms with E-state index in [2.05, 4.69) is 34.7 Å². The molecule has 1 aromatic carbocycles. The highest BCUT2D eigenvalue weighted by molar-refractivity contribution is 7.10. The van der Waals surface area contributed by atoms with Gasteiger partial charge in [0.2, 0.25) is 0 Å². The molecule has 2 N–H and O–H groups in total. The fraction of sp³-hybridized carbons (Fsp3) is 0.450. The van der Waals surface area contributed by atoms with Crippen molar-refractivity contribution in [3.8, 4) is 11.5 Å². The molecule has 1 fully saturated rings. The van der Waals surface area contributed by atoms with E-state index in [0.29, 0.717) is 12.3 Å². The van der Waals surface area contributed by atoms with Gasteiger partial charge < -0.3 is 15.2 Å². The summed E-state index contributed by atoms with van der Waals surface area (Å²) in [5.41, 5.74) is 0.267. The molecule has 140 valence electrons. The standard InChI is InChI=1S/C20H26N2O3S/c1-14-7-9-22(10-8-14)17(19-4-3-11-26-19)13-21-20(24)16-6-5-15(25-2)12-18(16)23/h3-6,11-12,14,17,23H,7-10,13H2,1-2H3,(H,21,24). The van der Waals surface area contributed by atoms with E-state index in [1.54, 1.807) is 23.5 Å². The third-order valence-corrected chi connectivity index (χ3v) is 6.01. The van der Waals surface area contributed by atoms with Gasteiger partial charge in [-0.25, -0.2) is 0 Å². The molecule has 1 unspecified atom stereocenters. The molecule has 1 aliphatic rings. The van der Waals surface area contributed by atoms with Crippen molar-refractivity contribution in [2.45, 2.75) is 25.8 Å². The van der Waals surface area contributed by atoms with Gasteiger partial charge in [-0.2, -0.15) is 0 Å². The van der Waals surface area contributed by atoms with Crippen molar-refractivity contribution < 1.29 is 14.6 Å². The second-order valence-electron chi connectivity index (χ2n) is 6.84. The minimum atomic E-state index is -0.267. The number of piperidine rings is 1. The minimum Gasteiger partial charge on any atom is -0.507 e. The number of carbonyl (C=O) groups excluding carboxylic acids is 1. The van der Waals surface area contributed by atoms with Gasteiger partial charge in [0.25, 0.3) is 5.91 Å². The molecule has 1 saturated heterocycles. The van der Waals surface area contributed by atoms with Crippen LogP contribution in [0.1, 0.15) is 41.0 Å². The zero-order valence-electron chi connectivity index (χ0n) is 15.3. The van der Waals surface area contributed by atoms with E-state index in [1.165, 1.54) is 30.9 Å². The van der Waals surface area contributed by atoms with Crippen LogP contribution in [0.2, 0.25) is 0 Å². The number of benzene rings is 1. The van der Waals surface area contributed by atoms with E-state index in [4.69, 9.17) is 4.74 Å². The number of rotatable bonds is 6. The van der Waals surface area contributed by atoms with Gasteiger partial charge in [0.1, 0.15) is 11.5 Å². The smallest absolute Gasteiger partial charge is 0.255 e. The molecule has 3 rings (SSSR count). The average Bonchev–Trinajstić information content (AvgIpc) is 3.17. The number of methoxy groups -OCH3 is 1. The van der Waals surface area contributed by atoms with Gasteiger partial charge >= 0.3 is 0 Å². The Morgan fingerprint density at radius 2 is 2.15 bits per heavy atom. The zero-order chi connectivity index (χ0) is 18.5. The normalized spacial score (nSPS) is 17.0. The third kappa shape index (κ3) is 4.37. The summed E-state index contributed by atoms with van der Waals surface area (Å²) in [6.45, 7) is 4.92. The summed E-state index contributed by atoms with van der Waals surface area (Å²) >= 11 is 1.72. The lowest BCUT2D eigenvalue weighted by molar-refractivity contribution is 0.0912. The predicted octanol–water partition coefficient (Wildman–Crippen LogP) is 3.67. The van der Waals surface area contributed by atoms with Gasteiger partial charge in [-0.1, -0.05) is 13.0 Å². The molecule has 6 heteroatoms. The van der Waals surface area contributed by atoms with Crippen molar-refractivity contribution in [1.82, 2.24) is 10.2 Å². The number of likely N-dealkylation sites (tertiary alicyclic amines) is 1. The van der Waals surface area contributed by atoms with Crippen LogP contribution in [0, 0.1) is 5.92 Å². The van der Waals surface area contributed by atoms with Gasteiger partial charge in [0, 0.05) is 17.5 Å².